The lowest BCUT2D eigenvalue weighted by Crippen LogP contribution is -2.05. The summed E-state index contributed by atoms with van der Waals surface area (Å²) in [6.45, 7) is 2.29. The van der Waals surface area contributed by atoms with Crippen LogP contribution in [0.3, 0.4) is 0 Å². The van der Waals surface area contributed by atoms with Crippen molar-refractivity contribution in [3.63, 3.8) is 0 Å². The summed E-state index contributed by atoms with van der Waals surface area (Å²) in [7, 11) is 0. The van der Waals surface area contributed by atoms with Crippen molar-refractivity contribution in [1.82, 2.24) is 0 Å². The Morgan fingerprint density at radius 1 is 1.46 bits per heavy atom. The van der Waals surface area contributed by atoms with Crippen LogP contribution < -0.4 is 11.1 Å². The Kier molecular flexibility index (Phi) is 3.55. The lowest BCUT2D eigenvalue weighted by Gasteiger charge is -2.09. The van der Waals surface area contributed by atoms with E-state index in [4.69, 9.17) is 5.73 Å². The molecule has 0 aromatic heterocycles. The van der Waals surface area contributed by atoms with Gasteiger partial charge in [-0.25, -0.2) is 0 Å². The molecule has 0 unspecified atom stereocenters. The molecule has 72 valence electrons. The van der Waals surface area contributed by atoms with Gasteiger partial charge in [0.05, 0.1) is 18.0 Å². The van der Waals surface area contributed by atoms with Gasteiger partial charge in [-0.2, -0.15) is 0 Å². The Morgan fingerprint density at radius 3 is 2.92 bits per heavy atom. The quantitative estimate of drug-likeness (QED) is 0.554. The van der Waals surface area contributed by atoms with E-state index in [1.165, 1.54) is 0 Å². The SMILES string of the molecule is Cc1cccc(NCCCF)c1N. The molecule has 0 amide bonds. The molecular formula is C10H15FN2. The fourth-order valence-electron chi connectivity index (χ4n) is 1.12. The van der Waals surface area contributed by atoms with Gasteiger partial charge in [-0.3, -0.25) is 4.39 Å². The van der Waals surface area contributed by atoms with E-state index in [-0.39, 0.29) is 6.67 Å². The lowest BCUT2D eigenvalue weighted by atomic mass is 10.2. The van der Waals surface area contributed by atoms with Gasteiger partial charge in [-0.1, -0.05) is 12.1 Å². The Morgan fingerprint density at radius 2 is 2.23 bits per heavy atom. The minimum Gasteiger partial charge on any atom is -0.397 e. The maximum absolute atomic E-state index is 11.8. The van der Waals surface area contributed by atoms with Crippen molar-refractivity contribution in [2.45, 2.75) is 13.3 Å². The van der Waals surface area contributed by atoms with E-state index in [0.29, 0.717) is 13.0 Å². The number of benzene rings is 1. The highest BCUT2D eigenvalue weighted by atomic mass is 19.1. The van der Waals surface area contributed by atoms with Crippen LogP contribution in [0.4, 0.5) is 15.8 Å². The zero-order valence-electron chi connectivity index (χ0n) is 7.81. The minimum absolute atomic E-state index is 0.293. The summed E-state index contributed by atoms with van der Waals surface area (Å²) in [6, 6.07) is 5.79. The molecule has 0 fully saturated rings. The van der Waals surface area contributed by atoms with E-state index in [2.05, 4.69) is 5.32 Å². The van der Waals surface area contributed by atoms with Crippen LogP contribution in [0.15, 0.2) is 18.2 Å². The maximum atomic E-state index is 11.8. The molecule has 0 aliphatic rings. The van der Waals surface area contributed by atoms with Crippen LogP contribution in [0.5, 0.6) is 0 Å². The smallest absolute Gasteiger partial charge is 0.0911 e. The number of aryl methyl sites for hydroxylation is 1. The van der Waals surface area contributed by atoms with Gasteiger partial charge < -0.3 is 11.1 Å². The van der Waals surface area contributed by atoms with Gasteiger partial charge in [0, 0.05) is 6.54 Å². The Bertz CT molecular complexity index is 274. The van der Waals surface area contributed by atoms with Crippen molar-refractivity contribution < 1.29 is 4.39 Å². The van der Waals surface area contributed by atoms with E-state index in [1.54, 1.807) is 0 Å². The second kappa shape index (κ2) is 4.70. The first kappa shape index (κ1) is 9.84. The number of alkyl halides is 1. The number of para-hydroxylation sites is 1. The van der Waals surface area contributed by atoms with Gasteiger partial charge in [0.15, 0.2) is 0 Å². The summed E-state index contributed by atoms with van der Waals surface area (Å²) in [6.07, 6.45) is 0.521. The second-order valence-electron chi connectivity index (χ2n) is 3.01. The lowest BCUT2D eigenvalue weighted by molar-refractivity contribution is 0.481. The number of anilines is 2. The third-order valence-corrected chi connectivity index (χ3v) is 1.95. The van der Waals surface area contributed by atoms with Gasteiger partial charge in [0.25, 0.3) is 0 Å². The fourth-order valence-corrected chi connectivity index (χ4v) is 1.12. The summed E-state index contributed by atoms with van der Waals surface area (Å²) in [5, 5.41) is 3.09. The standard InChI is InChI=1S/C10H15FN2/c1-8-4-2-5-9(10(8)12)13-7-3-6-11/h2,4-5,13H,3,6-7,12H2,1H3. The highest BCUT2D eigenvalue weighted by molar-refractivity contribution is 5.69. The number of rotatable bonds is 4. The van der Waals surface area contributed by atoms with Crippen molar-refractivity contribution in [2.24, 2.45) is 0 Å². The zero-order chi connectivity index (χ0) is 9.68. The number of hydrogen-bond acceptors (Lipinski definition) is 2. The molecule has 0 atom stereocenters. The second-order valence-corrected chi connectivity index (χ2v) is 3.01. The molecule has 1 rings (SSSR count). The van der Waals surface area contributed by atoms with Crippen LogP contribution in [0, 0.1) is 6.92 Å². The molecule has 0 saturated carbocycles. The topological polar surface area (TPSA) is 38.0 Å². The van der Waals surface area contributed by atoms with Crippen molar-refractivity contribution >= 4 is 11.4 Å². The molecule has 0 bridgehead atoms. The van der Waals surface area contributed by atoms with Crippen molar-refractivity contribution in [1.29, 1.82) is 0 Å². The van der Waals surface area contributed by atoms with Crippen molar-refractivity contribution in [3.05, 3.63) is 23.8 Å². The van der Waals surface area contributed by atoms with Crippen LogP contribution in [-0.4, -0.2) is 13.2 Å². The maximum Gasteiger partial charge on any atom is 0.0911 e. The van der Waals surface area contributed by atoms with Gasteiger partial charge >= 0.3 is 0 Å². The summed E-state index contributed by atoms with van der Waals surface area (Å²) < 4.78 is 11.8. The Balaban J connectivity index is 2.61. The predicted molar refractivity (Wildman–Crippen MR) is 54.7 cm³/mol. The van der Waals surface area contributed by atoms with E-state index < -0.39 is 0 Å². The molecule has 0 aliphatic heterocycles. The largest absolute Gasteiger partial charge is 0.397 e. The average molecular weight is 182 g/mol. The van der Waals surface area contributed by atoms with Gasteiger partial charge in [-0.15, -0.1) is 0 Å². The average Bonchev–Trinajstić information content (AvgIpc) is 2.13. The van der Waals surface area contributed by atoms with Crippen LogP contribution in [0.1, 0.15) is 12.0 Å². The normalized spacial score (nSPS) is 10.0. The van der Waals surface area contributed by atoms with E-state index in [0.717, 1.165) is 16.9 Å². The van der Waals surface area contributed by atoms with Crippen LogP contribution in [0.2, 0.25) is 0 Å². The molecule has 1 aromatic rings. The third-order valence-electron chi connectivity index (χ3n) is 1.95. The van der Waals surface area contributed by atoms with E-state index in [1.807, 2.05) is 25.1 Å². The van der Waals surface area contributed by atoms with E-state index in [9.17, 15) is 4.39 Å². The minimum atomic E-state index is -0.293. The Hall–Kier alpha value is -1.25. The number of nitrogen functional groups attached to an aromatic ring is 1. The molecule has 0 aliphatic carbocycles. The molecular weight excluding hydrogens is 167 g/mol. The molecule has 1 aromatic carbocycles. The van der Waals surface area contributed by atoms with Gasteiger partial charge in [-0.05, 0) is 25.0 Å². The van der Waals surface area contributed by atoms with E-state index >= 15 is 0 Å². The zero-order valence-corrected chi connectivity index (χ0v) is 7.81. The number of nitrogens with two attached hydrogens (primary N) is 1. The Labute approximate surface area is 77.9 Å². The number of halogens is 1. The summed E-state index contributed by atoms with van der Waals surface area (Å²) >= 11 is 0. The molecule has 0 saturated heterocycles. The third kappa shape index (κ3) is 2.61. The van der Waals surface area contributed by atoms with Crippen molar-refractivity contribution in [3.8, 4) is 0 Å². The first-order valence-corrected chi connectivity index (χ1v) is 4.40. The first-order chi connectivity index (χ1) is 6.25. The molecule has 3 N–H and O–H groups in total. The van der Waals surface area contributed by atoms with Crippen molar-refractivity contribution in [2.75, 3.05) is 24.3 Å². The highest BCUT2D eigenvalue weighted by Crippen LogP contribution is 2.21. The first-order valence-electron chi connectivity index (χ1n) is 4.40. The van der Waals surface area contributed by atoms with Gasteiger partial charge in [0.2, 0.25) is 0 Å². The molecule has 13 heavy (non-hydrogen) atoms. The summed E-state index contributed by atoms with van der Waals surface area (Å²) in [4.78, 5) is 0. The number of nitrogens with one attached hydrogen (secondary N) is 1. The van der Waals surface area contributed by atoms with Gasteiger partial charge in [0.1, 0.15) is 0 Å². The molecule has 0 heterocycles. The molecule has 3 heteroatoms. The predicted octanol–water partition coefficient (Wildman–Crippen LogP) is 2.35. The fraction of sp³-hybridized carbons (Fsp3) is 0.400. The monoisotopic (exact) mass is 182 g/mol. The molecule has 0 spiro atoms. The summed E-state index contributed by atoms with van der Waals surface area (Å²) in [5.74, 6) is 0. The number of hydrogen-bond donors (Lipinski definition) is 2. The summed E-state index contributed by atoms with van der Waals surface area (Å²) in [5.41, 5.74) is 8.50. The molecule has 2 nitrogen and oxygen atoms in total. The van der Waals surface area contributed by atoms with Crippen LogP contribution in [0.25, 0.3) is 0 Å². The highest BCUT2D eigenvalue weighted by Gasteiger charge is 1.99. The molecule has 0 radical (unpaired) electrons. The van der Waals surface area contributed by atoms with Crippen LogP contribution in [-0.2, 0) is 0 Å². The van der Waals surface area contributed by atoms with Crippen LogP contribution >= 0.6 is 0 Å².